The summed E-state index contributed by atoms with van der Waals surface area (Å²) >= 11 is 5.94. The molecule has 0 radical (unpaired) electrons. The summed E-state index contributed by atoms with van der Waals surface area (Å²) in [5.74, 6) is 5.68. The second kappa shape index (κ2) is 5.43. The van der Waals surface area contributed by atoms with E-state index in [2.05, 4.69) is 17.2 Å². The van der Waals surface area contributed by atoms with Crippen molar-refractivity contribution in [2.24, 2.45) is 0 Å². The number of halogens is 1. The van der Waals surface area contributed by atoms with Gasteiger partial charge >= 0.3 is 0 Å². The largest absolute Gasteiger partial charge is 0.345 e. The minimum atomic E-state index is -0.0776. The number of amides is 1. The first-order valence-electron chi connectivity index (χ1n) is 4.59. The molecule has 0 aliphatic heterocycles. The molecule has 1 aromatic carbocycles. The Morgan fingerprint density at radius 3 is 2.87 bits per heavy atom. The van der Waals surface area contributed by atoms with Crippen LogP contribution in [0.2, 0.25) is 5.02 Å². The highest BCUT2D eigenvalue weighted by atomic mass is 35.5. The number of aryl methyl sites for hydroxylation is 1. The summed E-state index contributed by atoms with van der Waals surface area (Å²) in [6.07, 6.45) is 0. The molecule has 0 bridgehead atoms. The van der Waals surface area contributed by atoms with E-state index in [1.54, 1.807) is 0 Å². The minimum Gasteiger partial charge on any atom is -0.345 e. The third-order valence-electron chi connectivity index (χ3n) is 1.83. The summed E-state index contributed by atoms with van der Waals surface area (Å²) in [6.45, 7) is 3.77. The lowest BCUT2D eigenvalue weighted by atomic mass is 10.1. The summed E-state index contributed by atoms with van der Waals surface area (Å²) in [7, 11) is 0. The van der Waals surface area contributed by atoms with Gasteiger partial charge in [0.25, 0.3) is 0 Å². The molecule has 0 aromatic heterocycles. The number of carbonyl (C=O) groups excluding carboxylic acids is 1. The van der Waals surface area contributed by atoms with E-state index in [9.17, 15) is 4.79 Å². The molecule has 0 atom stereocenters. The van der Waals surface area contributed by atoms with Crippen LogP contribution in [0, 0.1) is 18.8 Å². The van der Waals surface area contributed by atoms with E-state index in [4.69, 9.17) is 11.6 Å². The van der Waals surface area contributed by atoms with E-state index in [0.29, 0.717) is 11.6 Å². The molecule has 0 heterocycles. The van der Waals surface area contributed by atoms with Gasteiger partial charge < -0.3 is 5.32 Å². The Morgan fingerprint density at radius 2 is 2.27 bits per heavy atom. The van der Waals surface area contributed by atoms with E-state index in [0.717, 1.165) is 11.1 Å². The molecular weight excluding hydrogens is 210 g/mol. The lowest BCUT2D eigenvalue weighted by Gasteiger charge is -1.97. The van der Waals surface area contributed by atoms with Crippen molar-refractivity contribution >= 4 is 17.5 Å². The van der Waals surface area contributed by atoms with E-state index in [1.165, 1.54) is 6.92 Å². The second-order valence-electron chi connectivity index (χ2n) is 3.18. The monoisotopic (exact) mass is 221 g/mol. The average molecular weight is 222 g/mol. The number of rotatable bonds is 1. The number of nitrogens with one attached hydrogen (secondary N) is 1. The smallest absolute Gasteiger partial charge is 0.217 e. The molecule has 0 fully saturated rings. The molecule has 0 unspecified atom stereocenters. The molecular formula is C12H12ClNO. The zero-order chi connectivity index (χ0) is 11.3. The number of hydrogen-bond acceptors (Lipinski definition) is 1. The Kier molecular flexibility index (Phi) is 4.20. The van der Waals surface area contributed by atoms with Gasteiger partial charge in [0.05, 0.1) is 6.54 Å². The summed E-state index contributed by atoms with van der Waals surface area (Å²) in [5.41, 5.74) is 1.89. The molecule has 78 valence electrons. The van der Waals surface area contributed by atoms with Gasteiger partial charge in [0.1, 0.15) is 0 Å². The van der Waals surface area contributed by atoms with E-state index < -0.39 is 0 Å². The predicted molar refractivity (Wildman–Crippen MR) is 61.8 cm³/mol. The highest BCUT2D eigenvalue weighted by Crippen LogP contribution is 2.15. The zero-order valence-corrected chi connectivity index (χ0v) is 9.48. The number of carbonyl (C=O) groups is 1. The average Bonchev–Trinajstić information content (AvgIpc) is 2.18. The molecule has 0 aliphatic carbocycles. The van der Waals surface area contributed by atoms with Crippen LogP contribution < -0.4 is 5.32 Å². The van der Waals surface area contributed by atoms with Crippen molar-refractivity contribution in [3.8, 4) is 11.8 Å². The van der Waals surface area contributed by atoms with Gasteiger partial charge in [-0.1, -0.05) is 29.5 Å². The van der Waals surface area contributed by atoms with Gasteiger partial charge in [-0.2, -0.15) is 0 Å². The fourth-order valence-corrected chi connectivity index (χ4v) is 1.17. The van der Waals surface area contributed by atoms with Crippen molar-refractivity contribution in [3.05, 3.63) is 34.3 Å². The molecule has 0 saturated heterocycles. The molecule has 1 N–H and O–H groups in total. The highest BCUT2D eigenvalue weighted by Gasteiger charge is 1.94. The quantitative estimate of drug-likeness (QED) is 0.724. The van der Waals surface area contributed by atoms with Crippen LogP contribution >= 0.6 is 11.6 Å². The maximum absolute atomic E-state index is 10.6. The van der Waals surface area contributed by atoms with Gasteiger partial charge in [-0.15, -0.1) is 0 Å². The molecule has 1 amide bonds. The van der Waals surface area contributed by atoms with Crippen LogP contribution in [0.5, 0.6) is 0 Å². The number of benzene rings is 1. The minimum absolute atomic E-state index is 0.0776. The van der Waals surface area contributed by atoms with Crippen molar-refractivity contribution in [2.75, 3.05) is 6.54 Å². The molecule has 1 aromatic rings. The molecule has 0 spiro atoms. The van der Waals surface area contributed by atoms with E-state index >= 15 is 0 Å². The zero-order valence-electron chi connectivity index (χ0n) is 8.73. The Hall–Kier alpha value is -1.46. The SMILES string of the molecule is CC(=O)NCC#Cc1ccc(C)c(Cl)c1. The maximum Gasteiger partial charge on any atom is 0.217 e. The van der Waals surface area contributed by atoms with Gasteiger partial charge in [-0.05, 0) is 24.6 Å². The van der Waals surface area contributed by atoms with Crippen molar-refractivity contribution in [1.29, 1.82) is 0 Å². The van der Waals surface area contributed by atoms with Gasteiger partial charge in [0, 0.05) is 17.5 Å². The Labute approximate surface area is 94.6 Å². The molecule has 15 heavy (non-hydrogen) atoms. The maximum atomic E-state index is 10.6. The molecule has 2 nitrogen and oxygen atoms in total. The first-order valence-corrected chi connectivity index (χ1v) is 4.97. The molecule has 0 saturated carbocycles. The fourth-order valence-electron chi connectivity index (χ4n) is 0.986. The van der Waals surface area contributed by atoms with Crippen LogP contribution in [0.25, 0.3) is 0 Å². The van der Waals surface area contributed by atoms with Crippen molar-refractivity contribution < 1.29 is 4.79 Å². The lowest BCUT2D eigenvalue weighted by molar-refractivity contribution is -0.118. The fraction of sp³-hybridized carbons (Fsp3) is 0.250. The van der Waals surface area contributed by atoms with Crippen molar-refractivity contribution in [1.82, 2.24) is 5.32 Å². The topological polar surface area (TPSA) is 29.1 Å². The van der Waals surface area contributed by atoms with Gasteiger partial charge in [-0.25, -0.2) is 0 Å². The second-order valence-corrected chi connectivity index (χ2v) is 3.58. The summed E-state index contributed by atoms with van der Waals surface area (Å²) in [6, 6.07) is 5.64. The molecule has 3 heteroatoms. The summed E-state index contributed by atoms with van der Waals surface area (Å²) < 4.78 is 0. The van der Waals surface area contributed by atoms with Crippen molar-refractivity contribution in [3.63, 3.8) is 0 Å². The van der Waals surface area contributed by atoms with Crippen LogP contribution in [0.4, 0.5) is 0 Å². The van der Waals surface area contributed by atoms with Crippen LogP contribution in [-0.4, -0.2) is 12.5 Å². The van der Waals surface area contributed by atoms with Gasteiger partial charge in [-0.3, -0.25) is 4.79 Å². The van der Waals surface area contributed by atoms with Crippen LogP contribution in [0.15, 0.2) is 18.2 Å². The Balaban J connectivity index is 2.64. The Bertz CT molecular complexity index is 429. The van der Waals surface area contributed by atoms with E-state index in [-0.39, 0.29) is 5.91 Å². The van der Waals surface area contributed by atoms with Gasteiger partial charge in [0.2, 0.25) is 5.91 Å². The van der Waals surface area contributed by atoms with E-state index in [1.807, 2.05) is 25.1 Å². The third-order valence-corrected chi connectivity index (χ3v) is 2.24. The van der Waals surface area contributed by atoms with Crippen molar-refractivity contribution in [2.45, 2.75) is 13.8 Å². The summed E-state index contributed by atoms with van der Waals surface area (Å²) in [5, 5.41) is 3.31. The highest BCUT2D eigenvalue weighted by molar-refractivity contribution is 6.31. The first-order chi connectivity index (χ1) is 7.09. The molecule has 1 rings (SSSR count). The predicted octanol–water partition coefficient (Wildman–Crippen LogP) is 2.14. The third kappa shape index (κ3) is 4.05. The van der Waals surface area contributed by atoms with Crippen LogP contribution in [0.1, 0.15) is 18.1 Å². The lowest BCUT2D eigenvalue weighted by Crippen LogP contribution is -2.19. The Morgan fingerprint density at radius 1 is 1.53 bits per heavy atom. The first kappa shape index (κ1) is 11.6. The number of hydrogen-bond donors (Lipinski definition) is 1. The van der Waals surface area contributed by atoms with Gasteiger partial charge in [0.15, 0.2) is 0 Å². The standard InChI is InChI=1S/C12H12ClNO/c1-9-5-6-11(8-12(9)13)4-3-7-14-10(2)15/h5-6,8H,7H2,1-2H3,(H,14,15). The molecule has 0 aliphatic rings. The van der Waals surface area contributed by atoms with Crippen LogP contribution in [0.3, 0.4) is 0 Å². The summed E-state index contributed by atoms with van der Waals surface area (Å²) in [4.78, 5) is 10.6. The normalized spacial score (nSPS) is 9.00. The van der Waals surface area contributed by atoms with Crippen LogP contribution in [-0.2, 0) is 4.79 Å².